The van der Waals surface area contributed by atoms with Crippen LogP contribution in [0, 0.1) is 5.92 Å². The molecule has 2 fully saturated rings. The molecule has 0 aliphatic carbocycles. The average molecular weight is 254 g/mol. The molecule has 18 heavy (non-hydrogen) atoms. The van der Waals surface area contributed by atoms with Gasteiger partial charge in [0.25, 0.3) is 0 Å². The van der Waals surface area contributed by atoms with Crippen LogP contribution in [0.4, 0.5) is 4.79 Å². The SMILES string of the molecule is CC(C)(C)OC(=O)N1CCC[C@H]2CNCCC[C@H]21. The van der Waals surface area contributed by atoms with Gasteiger partial charge in [-0.15, -0.1) is 0 Å². The van der Waals surface area contributed by atoms with Crippen LogP contribution in [0.5, 0.6) is 0 Å². The summed E-state index contributed by atoms with van der Waals surface area (Å²) in [6.07, 6.45) is 4.47. The van der Waals surface area contributed by atoms with E-state index in [-0.39, 0.29) is 6.09 Å². The first-order valence-electron chi connectivity index (χ1n) is 7.18. The van der Waals surface area contributed by atoms with E-state index in [9.17, 15) is 4.79 Å². The Morgan fingerprint density at radius 2 is 2.06 bits per heavy atom. The van der Waals surface area contributed by atoms with Crippen LogP contribution < -0.4 is 5.32 Å². The van der Waals surface area contributed by atoms with Crippen LogP contribution in [0.3, 0.4) is 0 Å². The lowest BCUT2D eigenvalue weighted by Gasteiger charge is -2.40. The van der Waals surface area contributed by atoms with Crippen molar-refractivity contribution in [3.63, 3.8) is 0 Å². The van der Waals surface area contributed by atoms with Crippen LogP contribution >= 0.6 is 0 Å². The topological polar surface area (TPSA) is 41.6 Å². The normalized spacial score (nSPS) is 29.4. The highest BCUT2D eigenvalue weighted by Crippen LogP contribution is 2.29. The molecule has 2 aliphatic heterocycles. The maximum absolute atomic E-state index is 12.3. The van der Waals surface area contributed by atoms with Gasteiger partial charge in [0.05, 0.1) is 0 Å². The van der Waals surface area contributed by atoms with Gasteiger partial charge in [0.1, 0.15) is 5.60 Å². The van der Waals surface area contributed by atoms with Crippen LogP contribution in [0.15, 0.2) is 0 Å². The molecule has 0 bridgehead atoms. The second-order valence-electron chi connectivity index (χ2n) is 6.49. The molecular formula is C14H26N2O2. The molecule has 0 saturated carbocycles. The first-order chi connectivity index (χ1) is 8.47. The lowest BCUT2D eigenvalue weighted by Crippen LogP contribution is -2.51. The van der Waals surface area contributed by atoms with Gasteiger partial charge in [0.15, 0.2) is 0 Å². The first-order valence-corrected chi connectivity index (χ1v) is 7.18. The molecule has 104 valence electrons. The van der Waals surface area contributed by atoms with Crippen molar-refractivity contribution in [3.8, 4) is 0 Å². The summed E-state index contributed by atoms with van der Waals surface area (Å²) >= 11 is 0. The molecule has 0 radical (unpaired) electrons. The van der Waals surface area contributed by atoms with Gasteiger partial charge in [-0.05, 0) is 65.5 Å². The molecule has 2 saturated heterocycles. The number of nitrogens with zero attached hydrogens (tertiary/aromatic N) is 1. The summed E-state index contributed by atoms with van der Waals surface area (Å²) < 4.78 is 5.53. The molecule has 0 aromatic rings. The Hall–Kier alpha value is -0.770. The predicted octanol–water partition coefficient (Wildman–Crippen LogP) is 2.39. The zero-order chi connectivity index (χ0) is 13.2. The van der Waals surface area contributed by atoms with Crippen molar-refractivity contribution >= 4 is 6.09 Å². The summed E-state index contributed by atoms with van der Waals surface area (Å²) in [5.74, 6) is 0.605. The monoisotopic (exact) mass is 254 g/mol. The minimum absolute atomic E-state index is 0.126. The van der Waals surface area contributed by atoms with Gasteiger partial charge in [-0.1, -0.05) is 0 Å². The van der Waals surface area contributed by atoms with Crippen LogP contribution in [0.2, 0.25) is 0 Å². The fourth-order valence-electron chi connectivity index (χ4n) is 3.04. The van der Waals surface area contributed by atoms with E-state index in [2.05, 4.69) is 5.32 Å². The molecule has 0 spiro atoms. The average Bonchev–Trinajstić information content (AvgIpc) is 2.50. The van der Waals surface area contributed by atoms with Gasteiger partial charge in [-0.25, -0.2) is 4.79 Å². The Balaban J connectivity index is 2.03. The third-order valence-corrected chi connectivity index (χ3v) is 3.81. The number of nitrogens with one attached hydrogen (secondary N) is 1. The van der Waals surface area contributed by atoms with Crippen LogP contribution in [0.25, 0.3) is 0 Å². The molecule has 0 aromatic carbocycles. The summed E-state index contributed by atoms with van der Waals surface area (Å²) in [6.45, 7) is 8.78. The Labute approximate surface area is 110 Å². The minimum Gasteiger partial charge on any atom is -0.444 e. The maximum atomic E-state index is 12.3. The van der Waals surface area contributed by atoms with E-state index in [1.54, 1.807) is 0 Å². The molecule has 0 aromatic heterocycles. The third kappa shape index (κ3) is 3.37. The van der Waals surface area contributed by atoms with Gasteiger partial charge in [0, 0.05) is 12.6 Å². The molecule has 2 atom stereocenters. The number of carbonyl (C=O) groups excluding carboxylic acids is 1. The van der Waals surface area contributed by atoms with Crippen molar-refractivity contribution in [3.05, 3.63) is 0 Å². The third-order valence-electron chi connectivity index (χ3n) is 3.81. The van der Waals surface area contributed by atoms with Crippen molar-refractivity contribution < 1.29 is 9.53 Å². The molecule has 4 nitrogen and oxygen atoms in total. The number of amides is 1. The number of ether oxygens (including phenoxy) is 1. The first kappa shape index (κ1) is 13.7. The van der Waals surface area contributed by atoms with E-state index in [0.29, 0.717) is 12.0 Å². The second kappa shape index (κ2) is 5.47. The van der Waals surface area contributed by atoms with Gasteiger partial charge in [0.2, 0.25) is 0 Å². The molecular weight excluding hydrogens is 228 g/mol. The van der Waals surface area contributed by atoms with E-state index >= 15 is 0 Å². The molecule has 2 rings (SSSR count). The van der Waals surface area contributed by atoms with Gasteiger partial charge in [-0.3, -0.25) is 0 Å². The summed E-state index contributed by atoms with van der Waals surface area (Å²) in [6, 6.07) is 0.378. The molecule has 1 amide bonds. The van der Waals surface area contributed by atoms with Gasteiger partial charge >= 0.3 is 6.09 Å². The minimum atomic E-state index is -0.396. The number of piperidine rings is 1. The van der Waals surface area contributed by atoms with Crippen molar-refractivity contribution in [2.24, 2.45) is 5.92 Å². The number of likely N-dealkylation sites (tertiary alicyclic amines) is 1. The number of hydrogen-bond donors (Lipinski definition) is 1. The van der Waals surface area contributed by atoms with E-state index in [1.165, 1.54) is 6.42 Å². The predicted molar refractivity (Wildman–Crippen MR) is 71.6 cm³/mol. The number of fused-ring (bicyclic) bond motifs is 1. The maximum Gasteiger partial charge on any atom is 0.410 e. The van der Waals surface area contributed by atoms with E-state index in [4.69, 9.17) is 4.74 Å². The zero-order valence-corrected chi connectivity index (χ0v) is 11.9. The highest BCUT2D eigenvalue weighted by Gasteiger charge is 2.36. The standard InChI is InChI=1S/C14H26N2O2/c1-14(2,3)18-13(17)16-9-5-6-11-10-15-8-4-7-12(11)16/h11-12,15H,4-10H2,1-3H3/t11-,12+/m0/s1. The van der Waals surface area contributed by atoms with Crippen molar-refractivity contribution in [2.75, 3.05) is 19.6 Å². The van der Waals surface area contributed by atoms with Crippen molar-refractivity contribution in [1.82, 2.24) is 10.2 Å². The largest absolute Gasteiger partial charge is 0.444 e. The number of carbonyl (C=O) groups is 1. The molecule has 2 heterocycles. The Morgan fingerprint density at radius 3 is 2.78 bits per heavy atom. The quantitative estimate of drug-likeness (QED) is 0.721. The fourth-order valence-corrected chi connectivity index (χ4v) is 3.04. The molecule has 1 N–H and O–H groups in total. The Kier molecular flexibility index (Phi) is 4.15. The van der Waals surface area contributed by atoms with Gasteiger partial charge < -0.3 is 15.0 Å². The highest BCUT2D eigenvalue weighted by molar-refractivity contribution is 5.68. The molecule has 4 heteroatoms. The Bertz CT molecular complexity index is 299. The zero-order valence-electron chi connectivity index (χ0n) is 11.9. The smallest absolute Gasteiger partial charge is 0.410 e. The van der Waals surface area contributed by atoms with Crippen LogP contribution in [-0.4, -0.2) is 42.3 Å². The van der Waals surface area contributed by atoms with Crippen molar-refractivity contribution in [2.45, 2.75) is 58.1 Å². The summed E-state index contributed by atoms with van der Waals surface area (Å²) in [5, 5.41) is 3.48. The second-order valence-corrected chi connectivity index (χ2v) is 6.49. The van der Waals surface area contributed by atoms with Gasteiger partial charge in [-0.2, -0.15) is 0 Å². The van der Waals surface area contributed by atoms with E-state index in [1.807, 2.05) is 25.7 Å². The molecule has 2 aliphatic rings. The highest BCUT2D eigenvalue weighted by atomic mass is 16.6. The number of hydrogen-bond acceptors (Lipinski definition) is 3. The lowest BCUT2D eigenvalue weighted by molar-refractivity contribution is 0.0000933. The number of rotatable bonds is 0. The van der Waals surface area contributed by atoms with Crippen LogP contribution in [-0.2, 0) is 4.74 Å². The lowest BCUT2D eigenvalue weighted by atomic mass is 9.87. The molecule has 0 unspecified atom stereocenters. The summed E-state index contributed by atoms with van der Waals surface area (Å²) in [4.78, 5) is 14.2. The summed E-state index contributed by atoms with van der Waals surface area (Å²) in [5.41, 5.74) is -0.396. The Morgan fingerprint density at radius 1 is 1.28 bits per heavy atom. The van der Waals surface area contributed by atoms with E-state index in [0.717, 1.165) is 38.9 Å². The van der Waals surface area contributed by atoms with Crippen molar-refractivity contribution in [1.29, 1.82) is 0 Å². The summed E-state index contributed by atoms with van der Waals surface area (Å²) in [7, 11) is 0. The van der Waals surface area contributed by atoms with E-state index < -0.39 is 5.60 Å². The fraction of sp³-hybridized carbons (Fsp3) is 0.929. The van der Waals surface area contributed by atoms with Crippen LogP contribution in [0.1, 0.15) is 46.5 Å².